The first-order valence-electron chi connectivity index (χ1n) is 6.17. The zero-order chi connectivity index (χ0) is 15.0. The molecule has 3 rings (SSSR count). The van der Waals surface area contributed by atoms with E-state index in [0.717, 1.165) is 22.3 Å². The molecule has 2 heterocycles. The minimum absolute atomic E-state index is 0.0697. The van der Waals surface area contributed by atoms with E-state index in [1.807, 2.05) is 19.1 Å². The number of carboxylic acid groups (broad SMARTS) is 1. The van der Waals surface area contributed by atoms with Crippen LogP contribution in [0.2, 0.25) is 0 Å². The minimum atomic E-state index is -1.08. The van der Waals surface area contributed by atoms with E-state index < -0.39 is 11.9 Å². The van der Waals surface area contributed by atoms with Crippen molar-refractivity contribution in [3.63, 3.8) is 0 Å². The Balaban J connectivity index is 1.90. The largest absolute Gasteiger partial charge is 0.478 e. The zero-order valence-electron chi connectivity index (χ0n) is 11.0. The summed E-state index contributed by atoms with van der Waals surface area (Å²) in [5.41, 5.74) is 1.76. The van der Waals surface area contributed by atoms with E-state index in [0.29, 0.717) is 10.6 Å². The average Bonchev–Trinajstić information content (AvgIpc) is 3.04. The normalized spacial score (nSPS) is 10.7. The molecule has 0 aliphatic carbocycles. The molecule has 0 saturated carbocycles. The zero-order valence-corrected chi connectivity index (χ0v) is 11.9. The highest BCUT2D eigenvalue weighted by Gasteiger charge is 2.17. The van der Waals surface area contributed by atoms with Gasteiger partial charge in [-0.2, -0.15) is 0 Å². The highest BCUT2D eigenvalue weighted by Crippen LogP contribution is 2.25. The van der Waals surface area contributed by atoms with Crippen LogP contribution in [-0.4, -0.2) is 17.0 Å². The van der Waals surface area contributed by atoms with Crippen LogP contribution in [-0.2, 0) is 0 Å². The van der Waals surface area contributed by atoms with Crippen molar-refractivity contribution in [2.45, 2.75) is 6.92 Å². The molecule has 21 heavy (non-hydrogen) atoms. The third-order valence-corrected chi connectivity index (χ3v) is 3.85. The van der Waals surface area contributed by atoms with Crippen LogP contribution in [0.15, 0.2) is 40.1 Å². The maximum Gasteiger partial charge on any atom is 0.338 e. The number of benzene rings is 1. The van der Waals surface area contributed by atoms with Crippen molar-refractivity contribution < 1.29 is 19.1 Å². The van der Waals surface area contributed by atoms with E-state index in [4.69, 9.17) is 9.52 Å². The fourth-order valence-electron chi connectivity index (χ4n) is 2.01. The van der Waals surface area contributed by atoms with Crippen LogP contribution in [0.3, 0.4) is 0 Å². The number of anilines is 1. The molecule has 0 atom stereocenters. The summed E-state index contributed by atoms with van der Waals surface area (Å²) in [4.78, 5) is 23.2. The van der Waals surface area contributed by atoms with Crippen molar-refractivity contribution >= 4 is 39.2 Å². The van der Waals surface area contributed by atoms with Crippen LogP contribution in [0, 0.1) is 6.92 Å². The quantitative estimate of drug-likeness (QED) is 0.772. The molecule has 2 aromatic heterocycles. The summed E-state index contributed by atoms with van der Waals surface area (Å²) in [7, 11) is 0. The second-order valence-corrected chi connectivity index (χ2v) is 5.49. The molecule has 0 saturated heterocycles. The number of hydrogen-bond acceptors (Lipinski definition) is 4. The molecule has 1 aromatic carbocycles. The Labute approximate surface area is 123 Å². The number of nitrogens with one attached hydrogen (secondary N) is 1. The molecule has 0 fully saturated rings. The predicted molar refractivity (Wildman–Crippen MR) is 80.2 cm³/mol. The summed E-state index contributed by atoms with van der Waals surface area (Å²) in [6.07, 6.45) is 0. The van der Waals surface area contributed by atoms with E-state index in [9.17, 15) is 9.59 Å². The molecule has 0 bridgehead atoms. The number of carbonyl (C=O) groups is 2. The number of thiophene rings is 1. The van der Waals surface area contributed by atoms with Gasteiger partial charge in [-0.05, 0) is 36.6 Å². The molecule has 0 unspecified atom stereocenters. The number of amides is 1. The summed E-state index contributed by atoms with van der Waals surface area (Å²) >= 11 is 1.16. The van der Waals surface area contributed by atoms with Gasteiger partial charge >= 0.3 is 5.97 Å². The lowest BCUT2D eigenvalue weighted by molar-refractivity contribution is 0.0698. The van der Waals surface area contributed by atoms with Gasteiger partial charge in [0.15, 0.2) is 5.76 Å². The maximum atomic E-state index is 12.2. The molecule has 106 valence electrons. The maximum absolute atomic E-state index is 12.2. The molecular weight excluding hydrogens is 290 g/mol. The SMILES string of the molecule is Cc1ccc2oc(C(=O)Nc3sccc3C(=O)O)cc2c1. The van der Waals surface area contributed by atoms with Crippen molar-refractivity contribution in [3.05, 3.63) is 52.6 Å². The molecule has 5 nitrogen and oxygen atoms in total. The van der Waals surface area contributed by atoms with Crippen LogP contribution in [0.1, 0.15) is 26.5 Å². The molecule has 6 heteroatoms. The van der Waals surface area contributed by atoms with Gasteiger partial charge in [0.25, 0.3) is 5.91 Å². The van der Waals surface area contributed by atoms with Gasteiger partial charge in [0.1, 0.15) is 10.6 Å². The summed E-state index contributed by atoms with van der Waals surface area (Å²) in [5, 5.41) is 14.3. The van der Waals surface area contributed by atoms with E-state index in [1.54, 1.807) is 17.5 Å². The summed E-state index contributed by atoms with van der Waals surface area (Å²) in [6.45, 7) is 1.96. The lowest BCUT2D eigenvalue weighted by atomic mass is 10.2. The van der Waals surface area contributed by atoms with Crippen molar-refractivity contribution in [2.24, 2.45) is 0 Å². The fraction of sp³-hybridized carbons (Fsp3) is 0.0667. The van der Waals surface area contributed by atoms with Crippen molar-refractivity contribution in [1.29, 1.82) is 0 Å². The van der Waals surface area contributed by atoms with Crippen molar-refractivity contribution in [1.82, 2.24) is 0 Å². The third-order valence-electron chi connectivity index (χ3n) is 3.02. The highest BCUT2D eigenvalue weighted by molar-refractivity contribution is 7.14. The Morgan fingerprint density at radius 1 is 1.24 bits per heavy atom. The first kappa shape index (κ1) is 13.4. The minimum Gasteiger partial charge on any atom is -0.478 e. The van der Waals surface area contributed by atoms with E-state index >= 15 is 0 Å². The molecule has 0 aliphatic heterocycles. The van der Waals surface area contributed by atoms with E-state index in [2.05, 4.69) is 5.32 Å². The number of furan rings is 1. The van der Waals surface area contributed by atoms with Gasteiger partial charge in [0.05, 0.1) is 5.56 Å². The second-order valence-electron chi connectivity index (χ2n) is 4.57. The van der Waals surface area contributed by atoms with Crippen LogP contribution in [0.5, 0.6) is 0 Å². The number of fused-ring (bicyclic) bond motifs is 1. The Hall–Kier alpha value is -2.60. The van der Waals surface area contributed by atoms with Gasteiger partial charge < -0.3 is 14.8 Å². The van der Waals surface area contributed by atoms with Gasteiger partial charge in [-0.1, -0.05) is 11.6 Å². The smallest absolute Gasteiger partial charge is 0.338 e. The molecule has 0 radical (unpaired) electrons. The lowest BCUT2D eigenvalue weighted by Crippen LogP contribution is -2.12. The number of aromatic carboxylic acids is 1. The standard InChI is InChI=1S/C15H11NO4S/c1-8-2-3-11-9(6-8)7-12(20-11)13(17)16-14-10(15(18)19)4-5-21-14/h2-7H,1H3,(H,16,17)(H,18,19). The van der Waals surface area contributed by atoms with Gasteiger partial charge in [-0.15, -0.1) is 11.3 Å². The van der Waals surface area contributed by atoms with Crippen molar-refractivity contribution in [2.75, 3.05) is 5.32 Å². The first-order valence-corrected chi connectivity index (χ1v) is 7.05. The fourth-order valence-corrected chi connectivity index (χ4v) is 2.79. The van der Waals surface area contributed by atoms with Gasteiger partial charge in [0.2, 0.25) is 0 Å². The Bertz CT molecular complexity index is 846. The predicted octanol–water partition coefficient (Wildman–Crippen LogP) is 3.75. The van der Waals surface area contributed by atoms with Crippen LogP contribution in [0.4, 0.5) is 5.00 Å². The van der Waals surface area contributed by atoms with Gasteiger partial charge in [0, 0.05) is 5.39 Å². The molecule has 2 N–H and O–H groups in total. The lowest BCUT2D eigenvalue weighted by Gasteiger charge is -2.01. The summed E-state index contributed by atoms with van der Waals surface area (Å²) in [5.74, 6) is -1.39. The second kappa shape index (κ2) is 5.06. The number of aryl methyl sites for hydroxylation is 1. The van der Waals surface area contributed by atoms with Gasteiger partial charge in [-0.3, -0.25) is 4.79 Å². The molecule has 0 aliphatic rings. The number of carboxylic acids is 1. The van der Waals surface area contributed by atoms with Crippen LogP contribution in [0.25, 0.3) is 11.0 Å². The molecule has 3 aromatic rings. The molecule has 1 amide bonds. The Morgan fingerprint density at radius 3 is 2.81 bits per heavy atom. The topological polar surface area (TPSA) is 79.5 Å². The third kappa shape index (κ3) is 2.53. The molecular formula is C15H11NO4S. The number of rotatable bonds is 3. The van der Waals surface area contributed by atoms with Crippen molar-refractivity contribution in [3.8, 4) is 0 Å². The average molecular weight is 301 g/mol. The monoisotopic (exact) mass is 301 g/mol. The van der Waals surface area contributed by atoms with E-state index in [1.165, 1.54) is 6.07 Å². The Morgan fingerprint density at radius 2 is 2.05 bits per heavy atom. The summed E-state index contributed by atoms with van der Waals surface area (Å²) in [6, 6.07) is 8.71. The Kier molecular flexibility index (Phi) is 3.23. The van der Waals surface area contributed by atoms with Gasteiger partial charge in [-0.25, -0.2) is 4.79 Å². The number of carbonyl (C=O) groups excluding carboxylic acids is 1. The summed E-state index contributed by atoms with van der Waals surface area (Å²) < 4.78 is 5.48. The number of hydrogen-bond donors (Lipinski definition) is 2. The van der Waals surface area contributed by atoms with E-state index in [-0.39, 0.29) is 11.3 Å². The van der Waals surface area contributed by atoms with Crippen LogP contribution < -0.4 is 5.32 Å². The molecule has 0 spiro atoms. The first-order chi connectivity index (χ1) is 10.0. The van der Waals surface area contributed by atoms with Crippen LogP contribution >= 0.6 is 11.3 Å². The highest BCUT2D eigenvalue weighted by atomic mass is 32.1.